The largest absolute Gasteiger partial charge is 0.382 e. The van der Waals surface area contributed by atoms with E-state index < -0.39 is 6.10 Å². The third-order valence-electron chi connectivity index (χ3n) is 3.91. The third-order valence-corrected chi connectivity index (χ3v) is 3.91. The van der Waals surface area contributed by atoms with Gasteiger partial charge in [-0.25, -0.2) is 0 Å². The summed E-state index contributed by atoms with van der Waals surface area (Å²) < 4.78 is 0. The average molecular weight is 338 g/mol. The molecule has 130 valence electrons. The number of hydrogen-bond acceptors (Lipinski definition) is 5. The Hall–Kier alpha value is -2.73. The van der Waals surface area contributed by atoms with Crippen molar-refractivity contribution in [2.75, 3.05) is 14.1 Å². The second kappa shape index (κ2) is 7.90. The quantitative estimate of drug-likeness (QED) is 0.874. The van der Waals surface area contributed by atoms with Crippen molar-refractivity contribution in [3.05, 3.63) is 65.5 Å². The standard InChI is InChI=1S/C19H22N4O2/c1-23(2)13-15-6-3-5-14(9-15)11-21-19(24)18-10-17(22-25-18)16-7-4-8-20-12-16/h3-9,12,18H,10-11,13H2,1-2H3,(H,21,24)/t18-/m0/s1. The van der Waals surface area contributed by atoms with E-state index >= 15 is 0 Å². The molecule has 0 spiro atoms. The van der Waals surface area contributed by atoms with E-state index in [4.69, 9.17) is 4.84 Å². The van der Waals surface area contributed by atoms with Gasteiger partial charge in [-0.3, -0.25) is 9.78 Å². The number of rotatable bonds is 6. The summed E-state index contributed by atoms with van der Waals surface area (Å²) in [5.74, 6) is -0.152. The molecular weight excluding hydrogens is 316 g/mol. The Morgan fingerprint density at radius 1 is 1.28 bits per heavy atom. The fourth-order valence-electron chi connectivity index (χ4n) is 2.73. The predicted octanol–water partition coefficient (Wildman–Crippen LogP) is 1.95. The smallest absolute Gasteiger partial charge is 0.264 e. The Balaban J connectivity index is 1.52. The maximum atomic E-state index is 12.3. The van der Waals surface area contributed by atoms with Crippen molar-refractivity contribution in [3.63, 3.8) is 0 Å². The number of nitrogens with zero attached hydrogens (tertiary/aromatic N) is 3. The van der Waals surface area contributed by atoms with Gasteiger partial charge in [0.2, 0.25) is 6.10 Å². The number of pyridine rings is 1. The van der Waals surface area contributed by atoms with Crippen LogP contribution in [0.5, 0.6) is 0 Å². The highest BCUT2D eigenvalue weighted by atomic mass is 16.6. The molecule has 0 fully saturated rings. The molecule has 2 aromatic rings. The first kappa shape index (κ1) is 17.1. The highest BCUT2D eigenvalue weighted by Crippen LogP contribution is 2.16. The Morgan fingerprint density at radius 2 is 2.12 bits per heavy atom. The number of hydrogen-bond donors (Lipinski definition) is 1. The molecule has 0 saturated carbocycles. The maximum Gasteiger partial charge on any atom is 0.264 e. The number of nitrogens with one attached hydrogen (secondary N) is 1. The van der Waals surface area contributed by atoms with E-state index in [1.54, 1.807) is 12.4 Å². The zero-order valence-corrected chi connectivity index (χ0v) is 14.5. The summed E-state index contributed by atoms with van der Waals surface area (Å²) in [7, 11) is 4.07. The molecule has 2 heterocycles. The van der Waals surface area contributed by atoms with Crippen LogP contribution >= 0.6 is 0 Å². The van der Waals surface area contributed by atoms with Crippen LogP contribution in [0.2, 0.25) is 0 Å². The summed E-state index contributed by atoms with van der Waals surface area (Å²) in [6, 6.07) is 12.0. The third kappa shape index (κ3) is 4.64. The number of benzene rings is 1. The SMILES string of the molecule is CN(C)Cc1cccc(CNC(=O)[C@@H]2CC(c3cccnc3)=NO2)c1. The fourth-order valence-corrected chi connectivity index (χ4v) is 2.73. The van der Waals surface area contributed by atoms with Crippen molar-refractivity contribution < 1.29 is 9.63 Å². The molecule has 0 radical (unpaired) electrons. The molecule has 1 N–H and O–H groups in total. The van der Waals surface area contributed by atoms with Crippen LogP contribution < -0.4 is 5.32 Å². The lowest BCUT2D eigenvalue weighted by Crippen LogP contribution is -2.34. The Bertz CT molecular complexity index is 759. The van der Waals surface area contributed by atoms with Gasteiger partial charge in [0, 0.05) is 37.5 Å². The minimum atomic E-state index is -0.583. The molecule has 6 nitrogen and oxygen atoms in total. The van der Waals surface area contributed by atoms with Crippen LogP contribution in [0.15, 0.2) is 53.9 Å². The van der Waals surface area contributed by atoms with Gasteiger partial charge in [-0.1, -0.05) is 29.4 Å². The van der Waals surface area contributed by atoms with Crippen LogP contribution in [-0.2, 0) is 22.7 Å². The molecule has 0 saturated heterocycles. The van der Waals surface area contributed by atoms with Crippen LogP contribution in [0.1, 0.15) is 23.1 Å². The summed E-state index contributed by atoms with van der Waals surface area (Å²) in [6.07, 6.45) is 3.30. The second-order valence-electron chi connectivity index (χ2n) is 6.35. The molecule has 0 aliphatic carbocycles. The average Bonchev–Trinajstić information content (AvgIpc) is 3.10. The fraction of sp³-hybridized carbons (Fsp3) is 0.316. The number of oxime groups is 1. The lowest BCUT2D eigenvalue weighted by atomic mass is 10.1. The van der Waals surface area contributed by atoms with Crippen molar-refractivity contribution in [1.82, 2.24) is 15.2 Å². The first-order chi connectivity index (χ1) is 12.1. The van der Waals surface area contributed by atoms with Gasteiger partial charge >= 0.3 is 0 Å². The Kier molecular flexibility index (Phi) is 5.40. The van der Waals surface area contributed by atoms with Crippen molar-refractivity contribution in [2.24, 2.45) is 5.16 Å². The van der Waals surface area contributed by atoms with Crippen molar-refractivity contribution in [3.8, 4) is 0 Å². The molecular formula is C19H22N4O2. The van der Waals surface area contributed by atoms with Crippen LogP contribution in [0, 0.1) is 0 Å². The molecule has 25 heavy (non-hydrogen) atoms. The first-order valence-corrected chi connectivity index (χ1v) is 8.25. The summed E-state index contributed by atoms with van der Waals surface area (Å²) in [4.78, 5) is 23.8. The second-order valence-corrected chi connectivity index (χ2v) is 6.35. The molecule has 1 aromatic carbocycles. The first-order valence-electron chi connectivity index (χ1n) is 8.25. The van der Waals surface area contributed by atoms with Gasteiger partial charge < -0.3 is 15.1 Å². The Morgan fingerprint density at radius 3 is 2.88 bits per heavy atom. The molecule has 1 amide bonds. The lowest BCUT2D eigenvalue weighted by molar-refractivity contribution is -0.131. The van der Waals surface area contributed by atoms with E-state index in [2.05, 4.69) is 32.5 Å². The minimum absolute atomic E-state index is 0.152. The highest BCUT2D eigenvalue weighted by molar-refractivity contribution is 6.03. The Labute approximate surface area is 147 Å². The van der Waals surface area contributed by atoms with Crippen LogP contribution in [0.4, 0.5) is 0 Å². The molecule has 3 rings (SSSR count). The highest BCUT2D eigenvalue weighted by Gasteiger charge is 2.28. The molecule has 0 bridgehead atoms. The normalized spacial score (nSPS) is 16.4. The van der Waals surface area contributed by atoms with E-state index in [0.29, 0.717) is 13.0 Å². The zero-order chi connectivity index (χ0) is 17.6. The van der Waals surface area contributed by atoms with Gasteiger partial charge in [0.25, 0.3) is 5.91 Å². The monoisotopic (exact) mass is 338 g/mol. The van der Waals surface area contributed by atoms with Crippen LogP contribution in [0.3, 0.4) is 0 Å². The summed E-state index contributed by atoms with van der Waals surface area (Å²) in [5, 5.41) is 6.95. The van der Waals surface area contributed by atoms with Gasteiger partial charge in [0.1, 0.15) is 0 Å². The lowest BCUT2D eigenvalue weighted by Gasteiger charge is -2.12. The van der Waals surface area contributed by atoms with E-state index in [0.717, 1.165) is 23.4 Å². The number of aromatic nitrogens is 1. The summed E-state index contributed by atoms with van der Waals surface area (Å²) in [6.45, 7) is 1.35. The molecule has 0 unspecified atom stereocenters. The van der Waals surface area contributed by atoms with Gasteiger partial charge in [0.05, 0.1) is 5.71 Å². The molecule has 1 aliphatic rings. The minimum Gasteiger partial charge on any atom is -0.382 e. The molecule has 6 heteroatoms. The molecule has 1 aliphatic heterocycles. The topological polar surface area (TPSA) is 66.8 Å². The van der Waals surface area contributed by atoms with Crippen molar-refractivity contribution >= 4 is 11.6 Å². The molecule has 1 atom stereocenters. The van der Waals surface area contributed by atoms with E-state index in [1.165, 1.54) is 5.56 Å². The van der Waals surface area contributed by atoms with Gasteiger partial charge in [-0.05, 0) is 37.4 Å². The van der Waals surface area contributed by atoms with Gasteiger partial charge in [-0.2, -0.15) is 0 Å². The van der Waals surface area contributed by atoms with Crippen molar-refractivity contribution in [1.29, 1.82) is 0 Å². The van der Waals surface area contributed by atoms with E-state index in [1.807, 2.05) is 38.4 Å². The number of carbonyl (C=O) groups excluding carboxylic acids is 1. The van der Waals surface area contributed by atoms with Crippen LogP contribution in [0.25, 0.3) is 0 Å². The summed E-state index contributed by atoms with van der Waals surface area (Å²) >= 11 is 0. The zero-order valence-electron chi connectivity index (χ0n) is 14.5. The molecule has 1 aromatic heterocycles. The van der Waals surface area contributed by atoms with E-state index in [9.17, 15) is 4.79 Å². The number of amides is 1. The number of carbonyl (C=O) groups is 1. The maximum absolute atomic E-state index is 12.3. The van der Waals surface area contributed by atoms with E-state index in [-0.39, 0.29) is 5.91 Å². The van der Waals surface area contributed by atoms with Crippen LogP contribution in [-0.4, -0.2) is 41.7 Å². The predicted molar refractivity (Wildman–Crippen MR) is 95.9 cm³/mol. The van der Waals surface area contributed by atoms with Crippen molar-refractivity contribution in [2.45, 2.75) is 25.6 Å². The summed E-state index contributed by atoms with van der Waals surface area (Å²) in [5.41, 5.74) is 3.92. The van der Waals surface area contributed by atoms with Gasteiger partial charge in [-0.15, -0.1) is 0 Å². The van der Waals surface area contributed by atoms with Gasteiger partial charge in [0.15, 0.2) is 0 Å².